The molecule has 0 saturated heterocycles. The molecule has 3 heterocycles. The highest BCUT2D eigenvalue weighted by Crippen LogP contribution is 2.20. The predicted octanol–water partition coefficient (Wildman–Crippen LogP) is 2.73. The number of nitrogens with zero attached hydrogens (tertiary/aromatic N) is 2. The van der Waals surface area contributed by atoms with Crippen LogP contribution < -0.4 is 5.43 Å². The minimum Gasteiger partial charge on any atom is -0.454 e. The molecule has 5 heteroatoms. The number of hydrogen-bond acceptors (Lipinski definition) is 4. The summed E-state index contributed by atoms with van der Waals surface area (Å²) >= 11 is 0. The molecule has 0 radical (unpaired) electrons. The standard InChI is InChI=1S/C15H9N3O2/c19-15-9-3-1-2-4-12(9)20-13-6-5-10(17-14(13)15)11-7-8-16-18-11/h1-8H,(H,16,18). The van der Waals surface area contributed by atoms with Gasteiger partial charge in [0.15, 0.2) is 11.1 Å². The van der Waals surface area contributed by atoms with Gasteiger partial charge in [-0.15, -0.1) is 0 Å². The molecule has 5 nitrogen and oxygen atoms in total. The van der Waals surface area contributed by atoms with Crippen molar-refractivity contribution in [2.24, 2.45) is 0 Å². The summed E-state index contributed by atoms with van der Waals surface area (Å²) in [7, 11) is 0. The van der Waals surface area contributed by atoms with Crippen molar-refractivity contribution in [3.8, 4) is 11.4 Å². The fourth-order valence-corrected chi connectivity index (χ4v) is 2.23. The van der Waals surface area contributed by atoms with E-state index in [-0.39, 0.29) is 5.43 Å². The molecule has 0 spiro atoms. The molecule has 0 saturated carbocycles. The lowest BCUT2D eigenvalue weighted by Crippen LogP contribution is -2.04. The maximum atomic E-state index is 12.5. The van der Waals surface area contributed by atoms with E-state index in [1.165, 1.54) is 0 Å². The Labute approximate surface area is 112 Å². The Balaban J connectivity index is 2.10. The highest BCUT2D eigenvalue weighted by atomic mass is 16.3. The lowest BCUT2D eigenvalue weighted by molar-refractivity contribution is 0.658. The normalized spacial score (nSPS) is 11.2. The fraction of sp³-hybridized carbons (Fsp3) is 0. The van der Waals surface area contributed by atoms with Crippen LogP contribution in [0.1, 0.15) is 0 Å². The van der Waals surface area contributed by atoms with Gasteiger partial charge in [-0.2, -0.15) is 5.10 Å². The van der Waals surface area contributed by atoms with Gasteiger partial charge < -0.3 is 4.42 Å². The third kappa shape index (κ3) is 1.53. The van der Waals surface area contributed by atoms with Crippen molar-refractivity contribution in [3.05, 3.63) is 58.9 Å². The molecule has 0 bridgehead atoms. The lowest BCUT2D eigenvalue weighted by atomic mass is 10.2. The van der Waals surface area contributed by atoms with E-state index in [0.29, 0.717) is 27.8 Å². The maximum absolute atomic E-state index is 12.5. The molecule has 20 heavy (non-hydrogen) atoms. The molecule has 3 aromatic heterocycles. The molecular weight excluding hydrogens is 254 g/mol. The number of benzene rings is 1. The topological polar surface area (TPSA) is 71.8 Å². The first-order chi connectivity index (χ1) is 9.83. The first kappa shape index (κ1) is 10.9. The number of pyridine rings is 1. The number of para-hydroxylation sites is 1. The predicted molar refractivity (Wildman–Crippen MR) is 75.4 cm³/mol. The molecule has 0 amide bonds. The first-order valence-corrected chi connectivity index (χ1v) is 6.15. The Kier molecular flexibility index (Phi) is 2.20. The van der Waals surface area contributed by atoms with Crippen LogP contribution in [-0.2, 0) is 0 Å². The number of fused-ring (bicyclic) bond motifs is 2. The van der Waals surface area contributed by atoms with Crippen molar-refractivity contribution in [2.45, 2.75) is 0 Å². The summed E-state index contributed by atoms with van der Waals surface area (Å²) in [5.41, 5.74) is 2.69. The van der Waals surface area contributed by atoms with Crippen molar-refractivity contribution >= 4 is 22.1 Å². The van der Waals surface area contributed by atoms with Crippen LogP contribution in [0.3, 0.4) is 0 Å². The Morgan fingerprint density at radius 1 is 1.00 bits per heavy atom. The molecule has 0 aliphatic heterocycles. The average molecular weight is 263 g/mol. The molecule has 96 valence electrons. The van der Waals surface area contributed by atoms with E-state index >= 15 is 0 Å². The zero-order valence-corrected chi connectivity index (χ0v) is 10.3. The van der Waals surface area contributed by atoms with E-state index in [2.05, 4.69) is 15.2 Å². The number of nitrogens with one attached hydrogen (secondary N) is 1. The Morgan fingerprint density at radius 2 is 1.90 bits per heavy atom. The minimum absolute atomic E-state index is 0.122. The quantitative estimate of drug-likeness (QED) is 0.536. The molecule has 1 N–H and O–H groups in total. The van der Waals surface area contributed by atoms with Gasteiger partial charge >= 0.3 is 0 Å². The van der Waals surface area contributed by atoms with Crippen LogP contribution in [0.5, 0.6) is 0 Å². The van der Waals surface area contributed by atoms with Crippen LogP contribution in [-0.4, -0.2) is 15.2 Å². The molecule has 0 fully saturated rings. The molecule has 4 rings (SSSR count). The van der Waals surface area contributed by atoms with Crippen LogP contribution >= 0.6 is 0 Å². The number of rotatable bonds is 1. The molecule has 0 unspecified atom stereocenters. The van der Waals surface area contributed by atoms with Gasteiger partial charge in [-0.05, 0) is 30.3 Å². The van der Waals surface area contributed by atoms with Crippen molar-refractivity contribution < 1.29 is 4.42 Å². The summed E-state index contributed by atoms with van der Waals surface area (Å²) in [6, 6.07) is 12.5. The monoisotopic (exact) mass is 263 g/mol. The Bertz CT molecular complexity index is 971. The number of aromatic nitrogens is 3. The second kappa shape index (κ2) is 4.03. The Hall–Kier alpha value is -2.95. The molecule has 0 atom stereocenters. The van der Waals surface area contributed by atoms with Gasteiger partial charge in [0.1, 0.15) is 5.58 Å². The van der Waals surface area contributed by atoms with Crippen LogP contribution in [0.25, 0.3) is 33.5 Å². The first-order valence-electron chi connectivity index (χ1n) is 6.15. The smallest absolute Gasteiger partial charge is 0.218 e. The fourth-order valence-electron chi connectivity index (χ4n) is 2.23. The highest BCUT2D eigenvalue weighted by Gasteiger charge is 2.10. The van der Waals surface area contributed by atoms with Gasteiger partial charge in [-0.1, -0.05) is 12.1 Å². The molecular formula is C15H9N3O2. The summed E-state index contributed by atoms with van der Waals surface area (Å²) in [4.78, 5) is 16.9. The zero-order chi connectivity index (χ0) is 13.5. The van der Waals surface area contributed by atoms with Crippen LogP contribution in [0, 0.1) is 0 Å². The minimum atomic E-state index is -0.122. The van der Waals surface area contributed by atoms with Gasteiger partial charge in [0.2, 0.25) is 5.43 Å². The third-order valence-corrected chi connectivity index (χ3v) is 3.20. The molecule has 0 aliphatic rings. The Morgan fingerprint density at radius 3 is 2.75 bits per heavy atom. The van der Waals surface area contributed by atoms with Crippen LogP contribution in [0.2, 0.25) is 0 Å². The summed E-state index contributed by atoms with van der Waals surface area (Å²) in [5, 5.41) is 7.25. The van der Waals surface area contributed by atoms with E-state index in [1.807, 2.05) is 12.1 Å². The SMILES string of the molecule is O=c1c2ccccc2oc2ccc(-c3ccn[nH]3)nc12. The van der Waals surface area contributed by atoms with Crippen LogP contribution in [0.4, 0.5) is 0 Å². The van der Waals surface area contributed by atoms with E-state index in [0.717, 1.165) is 5.69 Å². The van der Waals surface area contributed by atoms with Crippen molar-refractivity contribution in [2.75, 3.05) is 0 Å². The van der Waals surface area contributed by atoms with Gasteiger partial charge in [-0.3, -0.25) is 9.89 Å². The second-order valence-electron chi connectivity index (χ2n) is 4.44. The third-order valence-electron chi connectivity index (χ3n) is 3.20. The van der Waals surface area contributed by atoms with E-state index in [4.69, 9.17) is 4.42 Å². The molecule has 1 aromatic carbocycles. The summed E-state index contributed by atoms with van der Waals surface area (Å²) < 4.78 is 5.71. The van der Waals surface area contributed by atoms with Gasteiger partial charge in [0.25, 0.3) is 0 Å². The zero-order valence-electron chi connectivity index (χ0n) is 10.3. The average Bonchev–Trinajstić information content (AvgIpc) is 3.02. The number of hydrogen-bond donors (Lipinski definition) is 1. The number of aromatic amines is 1. The highest BCUT2D eigenvalue weighted by molar-refractivity contribution is 5.88. The van der Waals surface area contributed by atoms with E-state index in [1.54, 1.807) is 36.5 Å². The van der Waals surface area contributed by atoms with Crippen LogP contribution in [0.15, 0.2) is 57.9 Å². The van der Waals surface area contributed by atoms with Crippen molar-refractivity contribution in [3.63, 3.8) is 0 Å². The summed E-state index contributed by atoms with van der Waals surface area (Å²) in [6.45, 7) is 0. The molecule has 4 aromatic rings. The van der Waals surface area contributed by atoms with Crippen molar-refractivity contribution in [1.29, 1.82) is 0 Å². The van der Waals surface area contributed by atoms with E-state index in [9.17, 15) is 4.79 Å². The number of H-pyrrole nitrogens is 1. The van der Waals surface area contributed by atoms with Crippen molar-refractivity contribution in [1.82, 2.24) is 15.2 Å². The van der Waals surface area contributed by atoms with Gasteiger partial charge in [0.05, 0.1) is 16.8 Å². The van der Waals surface area contributed by atoms with Gasteiger partial charge in [-0.25, -0.2) is 4.98 Å². The van der Waals surface area contributed by atoms with E-state index < -0.39 is 0 Å². The lowest BCUT2D eigenvalue weighted by Gasteiger charge is -2.02. The molecule has 0 aliphatic carbocycles. The summed E-state index contributed by atoms with van der Waals surface area (Å²) in [6.07, 6.45) is 1.64. The summed E-state index contributed by atoms with van der Waals surface area (Å²) in [5.74, 6) is 0. The second-order valence-corrected chi connectivity index (χ2v) is 4.44. The maximum Gasteiger partial charge on any atom is 0.218 e. The largest absolute Gasteiger partial charge is 0.454 e. The van der Waals surface area contributed by atoms with Gasteiger partial charge in [0, 0.05) is 6.20 Å².